The number of esters is 1. The van der Waals surface area contributed by atoms with E-state index >= 15 is 0 Å². The van der Waals surface area contributed by atoms with Crippen LogP contribution in [0.2, 0.25) is 0 Å². The zero-order chi connectivity index (χ0) is 12.9. The van der Waals surface area contributed by atoms with Crippen molar-refractivity contribution in [3.05, 3.63) is 0 Å². The van der Waals surface area contributed by atoms with Crippen LogP contribution in [-0.4, -0.2) is 32.3 Å². The molecule has 0 aromatic rings. The van der Waals surface area contributed by atoms with Crippen LogP contribution in [0.4, 0.5) is 0 Å². The average Bonchev–Trinajstić information content (AvgIpc) is 2.34. The molecule has 17 heavy (non-hydrogen) atoms. The van der Waals surface area contributed by atoms with Gasteiger partial charge in [-0.25, -0.2) is 0 Å². The summed E-state index contributed by atoms with van der Waals surface area (Å²) in [6.07, 6.45) is 7.63. The number of hydrogen-bond donors (Lipinski definition) is 1. The van der Waals surface area contributed by atoms with E-state index < -0.39 is 6.04 Å². The molecular weight excluding hydrogens is 218 g/mol. The highest BCUT2D eigenvalue weighted by Crippen LogP contribution is 2.05. The first kappa shape index (κ1) is 16.4. The van der Waals surface area contributed by atoms with Crippen molar-refractivity contribution < 1.29 is 14.3 Å². The summed E-state index contributed by atoms with van der Waals surface area (Å²) in [5.74, 6) is -0.310. The van der Waals surface area contributed by atoms with E-state index in [0.717, 1.165) is 12.8 Å². The maximum absolute atomic E-state index is 11.4. The van der Waals surface area contributed by atoms with Crippen molar-refractivity contribution in [3.63, 3.8) is 0 Å². The van der Waals surface area contributed by atoms with E-state index in [2.05, 4.69) is 6.92 Å². The van der Waals surface area contributed by atoms with Crippen molar-refractivity contribution in [1.82, 2.24) is 0 Å². The van der Waals surface area contributed by atoms with E-state index in [1.165, 1.54) is 25.7 Å². The normalized spacial score (nSPS) is 12.4. The molecule has 0 fully saturated rings. The molecule has 0 aliphatic carbocycles. The second kappa shape index (κ2) is 11.9. The second-order valence-electron chi connectivity index (χ2n) is 4.32. The third kappa shape index (κ3) is 10.3. The lowest BCUT2D eigenvalue weighted by Gasteiger charge is -2.10. The van der Waals surface area contributed by atoms with Gasteiger partial charge in [-0.1, -0.05) is 39.0 Å². The molecule has 0 amide bonds. The van der Waals surface area contributed by atoms with Crippen LogP contribution in [-0.2, 0) is 14.3 Å². The summed E-state index contributed by atoms with van der Waals surface area (Å²) in [7, 11) is 1.59. The third-order valence-electron chi connectivity index (χ3n) is 2.68. The van der Waals surface area contributed by atoms with Crippen LogP contribution in [0.5, 0.6) is 0 Å². The van der Waals surface area contributed by atoms with Gasteiger partial charge in [0.1, 0.15) is 6.04 Å². The fraction of sp³-hybridized carbons (Fsp3) is 0.923. The van der Waals surface area contributed by atoms with Gasteiger partial charge in [-0.05, 0) is 12.8 Å². The number of carbonyl (C=O) groups excluding carboxylic acids is 1. The Bertz CT molecular complexity index is 186. The number of methoxy groups -OCH3 is 1. The topological polar surface area (TPSA) is 61.5 Å². The van der Waals surface area contributed by atoms with Gasteiger partial charge in [-0.2, -0.15) is 0 Å². The first-order chi connectivity index (χ1) is 8.22. The summed E-state index contributed by atoms with van der Waals surface area (Å²) in [5, 5.41) is 0. The molecule has 1 atom stereocenters. The van der Waals surface area contributed by atoms with Gasteiger partial charge in [0, 0.05) is 13.7 Å². The van der Waals surface area contributed by atoms with Crippen molar-refractivity contribution in [3.8, 4) is 0 Å². The predicted octanol–water partition coefficient (Wildman–Crippen LogP) is 2.25. The molecule has 1 unspecified atom stereocenters. The molecule has 0 rings (SSSR count). The maximum atomic E-state index is 11.4. The number of hydrogen-bond acceptors (Lipinski definition) is 4. The molecule has 0 heterocycles. The lowest BCUT2D eigenvalue weighted by atomic mass is 10.1. The minimum Gasteiger partial charge on any atom is -0.465 e. The van der Waals surface area contributed by atoms with Gasteiger partial charge in [-0.15, -0.1) is 0 Å². The zero-order valence-corrected chi connectivity index (χ0v) is 11.2. The van der Waals surface area contributed by atoms with Crippen molar-refractivity contribution in [2.45, 2.75) is 57.9 Å². The van der Waals surface area contributed by atoms with E-state index in [9.17, 15) is 4.79 Å². The largest absolute Gasteiger partial charge is 0.465 e. The summed E-state index contributed by atoms with van der Waals surface area (Å²) in [5.41, 5.74) is 5.63. The lowest BCUT2D eigenvalue weighted by Crippen LogP contribution is -2.33. The maximum Gasteiger partial charge on any atom is 0.322 e. The fourth-order valence-corrected chi connectivity index (χ4v) is 1.52. The van der Waals surface area contributed by atoms with E-state index in [-0.39, 0.29) is 5.97 Å². The van der Waals surface area contributed by atoms with Crippen molar-refractivity contribution in [2.24, 2.45) is 5.73 Å². The molecule has 0 aromatic carbocycles. The van der Waals surface area contributed by atoms with E-state index in [1.807, 2.05) is 0 Å². The van der Waals surface area contributed by atoms with Crippen molar-refractivity contribution in [1.29, 1.82) is 0 Å². The average molecular weight is 245 g/mol. The Kier molecular flexibility index (Phi) is 11.4. The minimum atomic E-state index is -0.546. The number of nitrogens with two attached hydrogens (primary N) is 1. The molecule has 4 nitrogen and oxygen atoms in total. The molecule has 4 heteroatoms. The number of rotatable bonds is 11. The summed E-state index contributed by atoms with van der Waals surface area (Å²) >= 11 is 0. The van der Waals surface area contributed by atoms with Gasteiger partial charge in [-0.3, -0.25) is 4.79 Å². The highest BCUT2D eigenvalue weighted by Gasteiger charge is 2.13. The highest BCUT2D eigenvalue weighted by atomic mass is 16.5. The molecule has 0 radical (unpaired) electrons. The van der Waals surface area contributed by atoms with Gasteiger partial charge < -0.3 is 15.2 Å². The Labute approximate surface area is 105 Å². The zero-order valence-electron chi connectivity index (χ0n) is 11.2. The van der Waals surface area contributed by atoms with Gasteiger partial charge >= 0.3 is 5.97 Å². The van der Waals surface area contributed by atoms with E-state index in [4.69, 9.17) is 15.2 Å². The van der Waals surface area contributed by atoms with Crippen LogP contribution < -0.4 is 5.73 Å². The van der Waals surface area contributed by atoms with Gasteiger partial charge in [0.05, 0.1) is 6.61 Å². The molecule has 0 saturated heterocycles. The van der Waals surface area contributed by atoms with Crippen molar-refractivity contribution in [2.75, 3.05) is 20.3 Å². The summed E-state index contributed by atoms with van der Waals surface area (Å²) in [6.45, 7) is 3.18. The van der Waals surface area contributed by atoms with Gasteiger partial charge in [0.25, 0.3) is 0 Å². The molecule has 0 aliphatic rings. The van der Waals surface area contributed by atoms with Crippen LogP contribution in [0.25, 0.3) is 0 Å². The molecular formula is C13H27NO3. The second-order valence-corrected chi connectivity index (χ2v) is 4.32. The monoisotopic (exact) mass is 245 g/mol. The van der Waals surface area contributed by atoms with Crippen molar-refractivity contribution >= 4 is 5.97 Å². The molecule has 0 bridgehead atoms. The molecule has 2 N–H and O–H groups in total. The SMILES string of the molecule is CCCCCCCCOC(=O)C(N)CCOC. The molecule has 0 saturated carbocycles. The first-order valence-corrected chi connectivity index (χ1v) is 6.63. The lowest BCUT2D eigenvalue weighted by molar-refractivity contribution is -0.145. The fourth-order valence-electron chi connectivity index (χ4n) is 1.52. The van der Waals surface area contributed by atoms with Crippen LogP contribution in [0.3, 0.4) is 0 Å². The Morgan fingerprint density at radius 1 is 1.12 bits per heavy atom. The quantitative estimate of drug-likeness (QED) is 0.448. The van der Waals surface area contributed by atoms with Gasteiger partial charge in [0.2, 0.25) is 0 Å². The summed E-state index contributed by atoms with van der Waals surface area (Å²) in [4.78, 5) is 11.4. The molecule has 102 valence electrons. The number of carbonyl (C=O) groups is 1. The molecule has 0 spiro atoms. The standard InChI is InChI=1S/C13H27NO3/c1-3-4-5-6-7-8-10-17-13(15)12(14)9-11-16-2/h12H,3-11,14H2,1-2H3. The van der Waals surface area contributed by atoms with Crippen LogP contribution in [0.15, 0.2) is 0 Å². The number of unbranched alkanes of at least 4 members (excludes halogenated alkanes) is 5. The summed E-state index contributed by atoms with van der Waals surface area (Å²) < 4.78 is 9.94. The summed E-state index contributed by atoms with van der Waals surface area (Å²) in [6, 6.07) is -0.546. The van der Waals surface area contributed by atoms with Gasteiger partial charge in [0.15, 0.2) is 0 Å². The first-order valence-electron chi connectivity index (χ1n) is 6.63. The van der Waals surface area contributed by atoms with Crippen LogP contribution in [0, 0.1) is 0 Å². The predicted molar refractivity (Wildman–Crippen MR) is 68.8 cm³/mol. The number of ether oxygens (including phenoxy) is 2. The Morgan fingerprint density at radius 3 is 2.41 bits per heavy atom. The Balaban J connectivity index is 3.32. The van der Waals surface area contributed by atoms with E-state index in [0.29, 0.717) is 19.6 Å². The van der Waals surface area contributed by atoms with E-state index in [1.54, 1.807) is 7.11 Å². The minimum absolute atomic E-state index is 0.310. The van der Waals surface area contributed by atoms with Crippen LogP contribution in [0.1, 0.15) is 51.9 Å². The molecule has 0 aliphatic heterocycles. The Hall–Kier alpha value is -0.610. The Morgan fingerprint density at radius 2 is 1.76 bits per heavy atom. The van der Waals surface area contributed by atoms with Crippen LogP contribution >= 0.6 is 0 Å². The smallest absolute Gasteiger partial charge is 0.322 e. The molecule has 0 aromatic heterocycles. The highest BCUT2D eigenvalue weighted by molar-refractivity contribution is 5.75. The third-order valence-corrected chi connectivity index (χ3v) is 2.68.